The molecular formula is C21H26N3O2S+. The first-order valence-corrected chi connectivity index (χ1v) is 10.4. The quantitative estimate of drug-likeness (QED) is 0.710. The maximum Gasteiger partial charge on any atom is 0.260 e. The van der Waals surface area contributed by atoms with Crippen molar-refractivity contribution >= 4 is 21.6 Å². The van der Waals surface area contributed by atoms with Gasteiger partial charge in [0.25, 0.3) is 5.56 Å². The molecule has 2 aromatic heterocycles. The molecule has 2 heterocycles. The van der Waals surface area contributed by atoms with Gasteiger partial charge in [0.05, 0.1) is 12.5 Å². The fraction of sp³-hybridized carbons (Fsp3) is 0.429. The summed E-state index contributed by atoms with van der Waals surface area (Å²) in [6.07, 6.45) is 3.23. The molecule has 4 rings (SSSR count). The molecule has 3 aromatic rings. The van der Waals surface area contributed by atoms with Crippen molar-refractivity contribution in [2.75, 3.05) is 7.11 Å². The van der Waals surface area contributed by atoms with Crippen LogP contribution in [-0.2, 0) is 19.4 Å². The second-order valence-electron chi connectivity index (χ2n) is 7.56. The van der Waals surface area contributed by atoms with Crippen LogP contribution in [0.5, 0.6) is 5.75 Å². The van der Waals surface area contributed by atoms with Crippen molar-refractivity contribution in [1.82, 2.24) is 9.97 Å². The van der Waals surface area contributed by atoms with E-state index in [1.165, 1.54) is 16.0 Å². The fourth-order valence-electron chi connectivity index (χ4n) is 3.77. The first kappa shape index (κ1) is 18.2. The van der Waals surface area contributed by atoms with E-state index in [2.05, 4.69) is 36.3 Å². The summed E-state index contributed by atoms with van der Waals surface area (Å²) < 4.78 is 5.20. The molecule has 5 nitrogen and oxygen atoms in total. The molecule has 0 saturated heterocycles. The first-order chi connectivity index (χ1) is 13.0. The van der Waals surface area contributed by atoms with Gasteiger partial charge in [0.1, 0.15) is 23.2 Å². The van der Waals surface area contributed by atoms with Crippen LogP contribution in [0.4, 0.5) is 0 Å². The van der Waals surface area contributed by atoms with Crippen LogP contribution in [0, 0.1) is 5.92 Å². The number of H-pyrrole nitrogens is 1. The minimum atomic E-state index is 0.0201. The lowest BCUT2D eigenvalue weighted by Crippen LogP contribution is -2.83. The Balaban J connectivity index is 1.55. The predicted molar refractivity (Wildman–Crippen MR) is 108 cm³/mol. The highest BCUT2D eigenvalue weighted by molar-refractivity contribution is 7.18. The van der Waals surface area contributed by atoms with Gasteiger partial charge in [-0.3, -0.25) is 4.79 Å². The second kappa shape index (κ2) is 7.44. The Morgan fingerprint density at radius 1 is 1.37 bits per heavy atom. The summed E-state index contributed by atoms with van der Waals surface area (Å²) in [5.74, 6) is 2.31. The van der Waals surface area contributed by atoms with Gasteiger partial charge in [-0.15, -0.1) is 11.3 Å². The molecule has 0 amide bonds. The molecule has 1 aliphatic carbocycles. The molecule has 0 aliphatic heterocycles. The van der Waals surface area contributed by atoms with Gasteiger partial charge >= 0.3 is 0 Å². The van der Waals surface area contributed by atoms with Gasteiger partial charge in [-0.05, 0) is 61.9 Å². The van der Waals surface area contributed by atoms with Crippen LogP contribution >= 0.6 is 11.3 Å². The van der Waals surface area contributed by atoms with E-state index in [1.807, 2.05) is 12.1 Å². The van der Waals surface area contributed by atoms with Gasteiger partial charge in [0.15, 0.2) is 5.82 Å². The summed E-state index contributed by atoms with van der Waals surface area (Å²) in [7, 11) is 1.67. The zero-order valence-electron chi connectivity index (χ0n) is 16.0. The lowest BCUT2D eigenvalue weighted by Gasteiger charge is -2.17. The smallest absolute Gasteiger partial charge is 0.260 e. The zero-order chi connectivity index (χ0) is 19.0. The van der Waals surface area contributed by atoms with E-state index in [1.54, 1.807) is 18.4 Å². The molecule has 0 saturated carbocycles. The average Bonchev–Trinajstić information content (AvgIpc) is 3.04. The third kappa shape index (κ3) is 3.64. The van der Waals surface area contributed by atoms with Gasteiger partial charge in [-0.2, -0.15) is 0 Å². The number of quaternary nitrogens is 1. The Hall–Kier alpha value is -2.18. The number of thiophene rings is 1. The summed E-state index contributed by atoms with van der Waals surface area (Å²) in [4.78, 5) is 22.9. The Bertz CT molecular complexity index is 1010. The molecule has 27 heavy (non-hydrogen) atoms. The molecule has 6 heteroatoms. The highest BCUT2D eigenvalue weighted by Gasteiger charge is 2.24. The summed E-state index contributed by atoms with van der Waals surface area (Å²) in [5, 5.41) is 3.02. The molecule has 142 valence electrons. The molecule has 0 bridgehead atoms. The predicted octanol–water partition coefficient (Wildman–Crippen LogP) is 2.94. The zero-order valence-corrected chi connectivity index (χ0v) is 16.9. The van der Waals surface area contributed by atoms with Crippen molar-refractivity contribution in [3.63, 3.8) is 0 Å². The third-order valence-corrected chi connectivity index (χ3v) is 6.63. The maximum absolute atomic E-state index is 12.7. The molecule has 2 atom stereocenters. The molecule has 0 unspecified atom stereocenters. The fourth-order valence-corrected chi connectivity index (χ4v) is 5.16. The summed E-state index contributed by atoms with van der Waals surface area (Å²) >= 11 is 1.71. The van der Waals surface area contributed by atoms with Gasteiger partial charge < -0.3 is 15.0 Å². The Morgan fingerprint density at radius 2 is 2.15 bits per heavy atom. The standard InChI is InChI=1S/C21H25N3O2S/c1-12-4-9-16-17(10-12)27-21-18(16)20(25)23-19(24-21)13(2)22-11-14-5-7-15(26-3)8-6-14/h5-8,12-13,22H,4,9-11H2,1-3H3,(H,23,24,25)/p+1/t12-,13+/m0/s1. The van der Waals surface area contributed by atoms with E-state index >= 15 is 0 Å². The number of hydrogen-bond acceptors (Lipinski definition) is 4. The van der Waals surface area contributed by atoms with Crippen LogP contribution in [0.25, 0.3) is 10.2 Å². The maximum atomic E-state index is 12.7. The minimum Gasteiger partial charge on any atom is -0.497 e. The van der Waals surface area contributed by atoms with E-state index in [0.717, 1.165) is 47.6 Å². The molecule has 0 radical (unpaired) electrons. The molecule has 0 fully saturated rings. The number of aromatic amines is 1. The van der Waals surface area contributed by atoms with Crippen molar-refractivity contribution < 1.29 is 10.1 Å². The summed E-state index contributed by atoms with van der Waals surface area (Å²) in [6, 6.07) is 8.16. The van der Waals surface area contributed by atoms with Gasteiger partial charge in [0.2, 0.25) is 0 Å². The topological polar surface area (TPSA) is 71.6 Å². The monoisotopic (exact) mass is 384 g/mol. The van der Waals surface area contributed by atoms with Crippen LogP contribution in [0.3, 0.4) is 0 Å². The number of aromatic nitrogens is 2. The normalized spacial score (nSPS) is 17.7. The number of fused-ring (bicyclic) bond motifs is 3. The summed E-state index contributed by atoms with van der Waals surface area (Å²) in [6.45, 7) is 5.20. The highest BCUT2D eigenvalue weighted by atomic mass is 32.1. The summed E-state index contributed by atoms with van der Waals surface area (Å²) in [5.41, 5.74) is 2.47. The van der Waals surface area contributed by atoms with E-state index in [0.29, 0.717) is 5.92 Å². The van der Waals surface area contributed by atoms with E-state index < -0.39 is 0 Å². The molecule has 0 spiro atoms. The van der Waals surface area contributed by atoms with Crippen LogP contribution in [0.15, 0.2) is 29.1 Å². The number of aryl methyl sites for hydroxylation is 1. The number of hydrogen-bond donors (Lipinski definition) is 2. The second-order valence-corrected chi connectivity index (χ2v) is 8.64. The number of nitrogens with two attached hydrogens (primary N) is 1. The van der Waals surface area contributed by atoms with E-state index in [9.17, 15) is 4.79 Å². The van der Waals surface area contributed by atoms with Crippen molar-refractivity contribution in [1.29, 1.82) is 0 Å². The molecule has 1 aromatic carbocycles. The van der Waals surface area contributed by atoms with E-state index in [4.69, 9.17) is 9.72 Å². The first-order valence-electron chi connectivity index (χ1n) is 9.56. The number of nitrogens with zero attached hydrogens (tertiary/aromatic N) is 1. The number of benzene rings is 1. The average molecular weight is 385 g/mol. The third-order valence-electron chi connectivity index (χ3n) is 5.48. The van der Waals surface area contributed by atoms with Crippen molar-refractivity contribution in [3.8, 4) is 5.75 Å². The highest BCUT2D eigenvalue weighted by Crippen LogP contribution is 2.35. The number of rotatable bonds is 5. The Kier molecular flexibility index (Phi) is 5.02. The SMILES string of the molecule is COc1ccc(C[NH2+][C@H](C)c2nc3sc4c(c3c(=O)[nH]2)CC[C@H](C)C4)cc1. The number of methoxy groups -OCH3 is 1. The van der Waals surface area contributed by atoms with Gasteiger partial charge in [-0.25, -0.2) is 4.98 Å². The van der Waals surface area contributed by atoms with E-state index in [-0.39, 0.29) is 11.6 Å². The van der Waals surface area contributed by atoms with Gasteiger partial charge in [0, 0.05) is 10.4 Å². The number of ether oxygens (including phenoxy) is 1. The van der Waals surface area contributed by atoms with Crippen LogP contribution in [0.1, 0.15) is 48.1 Å². The minimum absolute atomic E-state index is 0.0201. The van der Waals surface area contributed by atoms with Crippen molar-refractivity contribution in [3.05, 3.63) is 56.4 Å². The lowest BCUT2D eigenvalue weighted by atomic mass is 9.89. The van der Waals surface area contributed by atoms with Gasteiger partial charge in [-0.1, -0.05) is 6.92 Å². The molecule has 3 N–H and O–H groups in total. The molecule has 1 aliphatic rings. The number of nitrogens with one attached hydrogen (secondary N) is 1. The van der Waals surface area contributed by atoms with Crippen molar-refractivity contribution in [2.45, 2.75) is 45.7 Å². The van der Waals surface area contributed by atoms with Crippen LogP contribution in [-0.4, -0.2) is 17.1 Å². The largest absolute Gasteiger partial charge is 0.497 e. The lowest BCUT2D eigenvalue weighted by molar-refractivity contribution is -0.709. The molecular weight excluding hydrogens is 358 g/mol. The van der Waals surface area contributed by atoms with Crippen LogP contribution in [0.2, 0.25) is 0 Å². The Labute approximate surface area is 162 Å². The van der Waals surface area contributed by atoms with Crippen molar-refractivity contribution in [2.24, 2.45) is 5.92 Å². The van der Waals surface area contributed by atoms with Crippen LogP contribution < -0.4 is 15.6 Å². The Morgan fingerprint density at radius 3 is 2.89 bits per heavy atom.